The minimum atomic E-state index is -1.11. The normalized spacial score (nSPS) is 24.0. The molecule has 0 amide bonds. The highest BCUT2D eigenvalue weighted by Gasteiger charge is 2.34. The predicted octanol–water partition coefficient (Wildman–Crippen LogP) is 1.39. The molecule has 4 nitrogen and oxygen atoms in total. The molecule has 0 aliphatic carbocycles. The molecule has 20 heavy (non-hydrogen) atoms. The van der Waals surface area contributed by atoms with Crippen molar-refractivity contribution >= 4 is 0 Å². The van der Waals surface area contributed by atoms with Crippen molar-refractivity contribution in [2.24, 2.45) is 0 Å². The fourth-order valence-corrected chi connectivity index (χ4v) is 2.28. The Kier molecular flexibility index (Phi) is 5.04. The lowest BCUT2D eigenvalue weighted by molar-refractivity contribution is -0.0173. The molecule has 0 bridgehead atoms. The van der Waals surface area contributed by atoms with E-state index in [0.717, 1.165) is 24.6 Å². The van der Waals surface area contributed by atoms with Crippen LogP contribution in [0, 0.1) is 11.6 Å². The number of rotatable bonds is 6. The summed E-state index contributed by atoms with van der Waals surface area (Å²) in [7, 11) is 1.61. The van der Waals surface area contributed by atoms with Gasteiger partial charge >= 0.3 is 0 Å². The summed E-state index contributed by atoms with van der Waals surface area (Å²) in [5.74, 6) is -1.19. The number of aliphatic hydroxyl groups is 1. The highest BCUT2D eigenvalue weighted by molar-refractivity contribution is 5.21. The summed E-state index contributed by atoms with van der Waals surface area (Å²) in [6.07, 6.45) is -0.345. The van der Waals surface area contributed by atoms with Gasteiger partial charge in [0.15, 0.2) is 0 Å². The quantitative estimate of drug-likeness (QED) is 0.830. The van der Waals surface area contributed by atoms with Crippen LogP contribution in [0.3, 0.4) is 0 Å². The van der Waals surface area contributed by atoms with Gasteiger partial charge in [-0.2, -0.15) is 0 Å². The Morgan fingerprint density at radius 1 is 1.50 bits per heavy atom. The van der Waals surface area contributed by atoms with Crippen LogP contribution in [-0.2, 0) is 9.47 Å². The van der Waals surface area contributed by atoms with Crippen LogP contribution in [0.2, 0.25) is 0 Å². The predicted molar refractivity (Wildman–Crippen MR) is 69.4 cm³/mol. The minimum Gasteiger partial charge on any atom is -0.387 e. The van der Waals surface area contributed by atoms with Gasteiger partial charge < -0.3 is 19.9 Å². The van der Waals surface area contributed by atoms with Crippen LogP contribution in [0.25, 0.3) is 0 Å². The molecule has 0 aromatic heterocycles. The van der Waals surface area contributed by atoms with Crippen molar-refractivity contribution < 1.29 is 23.4 Å². The summed E-state index contributed by atoms with van der Waals surface area (Å²) in [5.41, 5.74) is -0.452. The van der Waals surface area contributed by atoms with Crippen molar-refractivity contribution in [2.75, 3.05) is 33.4 Å². The summed E-state index contributed by atoms with van der Waals surface area (Å²) < 4.78 is 37.3. The molecule has 1 fully saturated rings. The first-order valence-corrected chi connectivity index (χ1v) is 6.53. The number of benzene rings is 1. The molecule has 1 heterocycles. The van der Waals surface area contributed by atoms with E-state index in [2.05, 4.69) is 5.32 Å². The fraction of sp³-hybridized carbons (Fsp3) is 0.571. The van der Waals surface area contributed by atoms with Crippen LogP contribution in [0.4, 0.5) is 8.78 Å². The van der Waals surface area contributed by atoms with E-state index in [9.17, 15) is 13.9 Å². The third-order valence-electron chi connectivity index (χ3n) is 3.60. The topological polar surface area (TPSA) is 50.7 Å². The number of ether oxygens (including phenoxy) is 2. The number of hydrogen-bond donors (Lipinski definition) is 2. The van der Waals surface area contributed by atoms with E-state index in [1.54, 1.807) is 7.11 Å². The lowest BCUT2D eigenvalue weighted by atomic mass is 10.0. The molecule has 1 aromatic rings. The van der Waals surface area contributed by atoms with Crippen molar-refractivity contribution in [3.63, 3.8) is 0 Å². The molecule has 1 aliphatic rings. The van der Waals surface area contributed by atoms with Crippen LogP contribution >= 0.6 is 0 Å². The van der Waals surface area contributed by atoms with Gasteiger partial charge in [-0.05, 0) is 18.2 Å². The van der Waals surface area contributed by atoms with Gasteiger partial charge in [0.2, 0.25) is 0 Å². The monoisotopic (exact) mass is 287 g/mol. The average molecular weight is 287 g/mol. The van der Waals surface area contributed by atoms with Gasteiger partial charge in [0, 0.05) is 38.8 Å². The van der Waals surface area contributed by atoms with Crippen LogP contribution in [-0.4, -0.2) is 44.1 Å². The SMILES string of the molecule is COC1(CNCC(O)c2cc(F)ccc2F)CCOC1. The molecular formula is C14H19F2NO3. The lowest BCUT2D eigenvalue weighted by Gasteiger charge is -2.26. The fourth-order valence-electron chi connectivity index (χ4n) is 2.28. The molecule has 0 radical (unpaired) electrons. The van der Waals surface area contributed by atoms with Crippen LogP contribution in [0.1, 0.15) is 18.1 Å². The molecule has 2 unspecified atom stereocenters. The van der Waals surface area contributed by atoms with Gasteiger partial charge in [0.1, 0.15) is 17.2 Å². The molecule has 6 heteroatoms. The Bertz CT molecular complexity index is 450. The highest BCUT2D eigenvalue weighted by Crippen LogP contribution is 2.22. The maximum absolute atomic E-state index is 13.5. The summed E-state index contributed by atoms with van der Waals surface area (Å²) >= 11 is 0. The largest absolute Gasteiger partial charge is 0.387 e. The van der Waals surface area contributed by atoms with Crippen molar-refractivity contribution in [3.8, 4) is 0 Å². The third-order valence-corrected chi connectivity index (χ3v) is 3.60. The number of aliphatic hydroxyl groups excluding tert-OH is 1. The minimum absolute atomic E-state index is 0.0494. The second kappa shape index (κ2) is 6.58. The van der Waals surface area contributed by atoms with E-state index in [0.29, 0.717) is 19.8 Å². The number of hydrogen-bond acceptors (Lipinski definition) is 4. The van der Waals surface area contributed by atoms with Crippen molar-refractivity contribution in [3.05, 3.63) is 35.4 Å². The maximum Gasteiger partial charge on any atom is 0.129 e. The summed E-state index contributed by atoms with van der Waals surface area (Å²) in [5, 5.41) is 12.9. The molecule has 1 saturated heterocycles. The molecule has 2 N–H and O–H groups in total. The van der Waals surface area contributed by atoms with E-state index in [1.165, 1.54) is 0 Å². The summed E-state index contributed by atoms with van der Waals surface area (Å²) in [4.78, 5) is 0. The highest BCUT2D eigenvalue weighted by atomic mass is 19.1. The second-order valence-corrected chi connectivity index (χ2v) is 5.00. The zero-order valence-electron chi connectivity index (χ0n) is 11.4. The van der Waals surface area contributed by atoms with E-state index < -0.39 is 23.3 Å². The van der Waals surface area contributed by atoms with Crippen LogP contribution in [0.15, 0.2) is 18.2 Å². The standard InChI is InChI=1S/C14H19F2NO3/c1-19-14(4-5-20-9-14)8-17-7-13(18)11-6-10(15)2-3-12(11)16/h2-3,6,13,17-18H,4-5,7-9H2,1H3. The molecule has 2 rings (SSSR count). The Morgan fingerprint density at radius 3 is 2.95 bits per heavy atom. The molecule has 0 saturated carbocycles. The second-order valence-electron chi connectivity index (χ2n) is 5.00. The van der Waals surface area contributed by atoms with Gasteiger partial charge in [-0.15, -0.1) is 0 Å². The van der Waals surface area contributed by atoms with Gasteiger partial charge in [0.25, 0.3) is 0 Å². The van der Waals surface area contributed by atoms with Crippen LogP contribution < -0.4 is 5.32 Å². The molecule has 112 valence electrons. The van der Waals surface area contributed by atoms with Gasteiger partial charge in [-0.1, -0.05) is 0 Å². The van der Waals surface area contributed by atoms with Crippen molar-refractivity contribution in [1.29, 1.82) is 0 Å². The maximum atomic E-state index is 13.5. The Labute approximate surface area is 116 Å². The smallest absolute Gasteiger partial charge is 0.129 e. The van der Waals surface area contributed by atoms with Crippen molar-refractivity contribution in [1.82, 2.24) is 5.32 Å². The van der Waals surface area contributed by atoms with Gasteiger partial charge in [-0.25, -0.2) is 8.78 Å². The third kappa shape index (κ3) is 3.52. The number of nitrogens with one attached hydrogen (secondary N) is 1. The molecule has 2 atom stereocenters. The zero-order chi connectivity index (χ0) is 14.6. The van der Waals surface area contributed by atoms with Crippen molar-refractivity contribution in [2.45, 2.75) is 18.1 Å². The first kappa shape index (κ1) is 15.3. The van der Waals surface area contributed by atoms with E-state index in [-0.39, 0.29) is 12.1 Å². The van der Waals surface area contributed by atoms with Gasteiger partial charge in [0.05, 0.1) is 12.7 Å². The Balaban J connectivity index is 1.88. The summed E-state index contributed by atoms with van der Waals surface area (Å²) in [6, 6.07) is 3.04. The van der Waals surface area contributed by atoms with E-state index in [4.69, 9.17) is 9.47 Å². The molecule has 1 aliphatic heterocycles. The molecule has 0 spiro atoms. The van der Waals surface area contributed by atoms with E-state index >= 15 is 0 Å². The zero-order valence-corrected chi connectivity index (χ0v) is 11.4. The molecule has 1 aromatic carbocycles. The lowest BCUT2D eigenvalue weighted by Crippen LogP contribution is -2.44. The molecular weight excluding hydrogens is 268 g/mol. The Morgan fingerprint density at radius 2 is 2.30 bits per heavy atom. The summed E-state index contributed by atoms with van der Waals surface area (Å²) in [6.45, 7) is 1.72. The first-order valence-electron chi connectivity index (χ1n) is 6.53. The average Bonchev–Trinajstić information content (AvgIpc) is 2.91. The van der Waals surface area contributed by atoms with Crippen LogP contribution in [0.5, 0.6) is 0 Å². The van der Waals surface area contributed by atoms with Gasteiger partial charge in [-0.3, -0.25) is 0 Å². The van der Waals surface area contributed by atoms with E-state index in [1.807, 2.05) is 0 Å². The number of methoxy groups -OCH3 is 1. The Hall–Kier alpha value is -1.08. The number of halogens is 2. The first-order chi connectivity index (χ1) is 9.56.